The molecule has 5 rings (SSSR count). The van der Waals surface area contributed by atoms with Gasteiger partial charge in [0.2, 0.25) is 5.91 Å². The number of nitrogens with zero attached hydrogens (tertiary/aromatic N) is 5. The number of amides is 1. The molecular weight excluding hydrogens is 533 g/mol. The molecule has 3 heterocycles. The van der Waals surface area contributed by atoms with Crippen LogP contribution in [-0.2, 0) is 9.53 Å². The molecule has 0 N–H and O–H groups in total. The minimum absolute atomic E-state index is 0.0372. The lowest BCUT2D eigenvalue weighted by atomic mass is 10.1. The number of hydrogen-bond donors (Lipinski definition) is 0. The number of rotatable bonds is 8. The lowest BCUT2D eigenvalue weighted by molar-refractivity contribution is -0.129. The highest BCUT2D eigenvalue weighted by atomic mass is 19.1. The van der Waals surface area contributed by atoms with E-state index in [9.17, 15) is 9.18 Å². The van der Waals surface area contributed by atoms with Crippen LogP contribution in [0.25, 0.3) is 0 Å². The number of aromatic nitrogens is 2. The first-order chi connectivity index (χ1) is 20.3. The Labute approximate surface area is 253 Å². The molecule has 2 aliphatic heterocycles. The van der Waals surface area contributed by atoms with Gasteiger partial charge in [0.1, 0.15) is 11.6 Å². The van der Waals surface area contributed by atoms with Crippen molar-refractivity contribution in [1.29, 1.82) is 0 Å². The molecule has 9 heteroatoms. The minimum Gasteiger partial charge on any atom is -0.493 e. The van der Waals surface area contributed by atoms with E-state index in [-0.39, 0.29) is 12.3 Å². The molecule has 1 aromatic heterocycles. The van der Waals surface area contributed by atoms with Crippen LogP contribution in [0.15, 0.2) is 45.6 Å². The van der Waals surface area contributed by atoms with Crippen molar-refractivity contribution >= 4 is 11.9 Å². The molecule has 1 aromatic rings. The second kappa shape index (κ2) is 19.3. The van der Waals surface area contributed by atoms with Crippen LogP contribution in [0.1, 0.15) is 104 Å². The first-order valence-electron chi connectivity index (χ1n) is 16.0. The van der Waals surface area contributed by atoms with Crippen molar-refractivity contribution in [2.75, 3.05) is 51.8 Å². The van der Waals surface area contributed by atoms with E-state index in [2.05, 4.69) is 46.6 Å². The van der Waals surface area contributed by atoms with E-state index in [1.807, 2.05) is 20.8 Å². The van der Waals surface area contributed by atoms with Gasteiger partial charge >= 0.3 is 6.01 Å². The molecule has 1 unspecified atom stereocenters. The molecule has 236 valence electrons. The Hall–Kier alpha value is -2.90. The normalized spacial score (nSPS) is 19.5. The summed E-state index contributed by atoms with van der Waals surface area (Å²) in [5.41, 5.74) is 3.21. The van der Waals surface area contributed by atoms with Gasteiger partial charge in [-0.05, 0) is 58.7 Å². The second-order valence-corrected chi connectivity index (χ2v) is 11.2. The van der Waals surface area contributed by atoms with Gasteiger partial charge in [0.15, 0.2) is 5.82 Å². The van der Waals surface area contributed by atoms with E-state index in [4.69, 9.17) is 9.26 Å². The molecule has 2 saturated heterocycles. The first-order valence-corrected chi connectivity index (χ1v) is 16.0. The third kappa shape index (κ3) is 12.5. The van der Waals surface area contributed by atoms with Crippen LogP contribution >= 0.6 is 0 Å². The maximum Gasteiger partial charge on any atom is 0.324 e. The van der Waals surface area contributed by atoms with Crippen molar-refractivity contribution in [2.45, 2.75) is 104 Å². The fraction of sp³-hybridized carbons (Fsp3) is 0.697. The Bertz CT molecular complexity index is 1060. The number of halogens is 1. The monoisotopic (exact) mass is 587 g/mol. The highest BCUT2D eigenvalue weighted by Gasteiger charge is 2.24. The van der Waals surface area contributed by atoms with Crippen molar-refractivity contribution in [3.05, 3.63) is 46.9 Å². The lowest BCUT2D eigenvalue weighted by Gasteiger charge is -2.26. The molecule has 4 aliphatic rings. The van der Waals surface area contributed by atoms with Crippen LogP contribution < -0.4 is 4.90 Å². The fourth-order valence-corrected chi connectivity index (χ4v) is 4.54. The molecule has 1 saturated carbocycles. The zero-order chi connectivity index (χ0) is 30.9. The van der Waals surface area contributed by atoms with Gasteiger partial charge in [0, 0.05) is 56.4 Å². The highest BCUT2D eigenvalue weighted by molar-refractivity contribution is 5.79. The van der Waals surface area contributed by atoms with Crippen molar-refractivity contribution in [3.8, 4) is 0 Å². The third-order valence-corrected chi connectivity index (χ3v) is 7.22. The number of hydrogen-bond acceptors (Lipinski definition) is 7. The van der Waals surface area contributed by atoms with Crippen LogP contribution in [0.5, 0.6) is 0 Å². The smallest absolute Gasteiger partial charge is 0.324 e. The summed E-state index contributed by atoms with van der Waals surface area (Å²) >= 11 is 0. The van der Waals surface area contributed by atoms with E-state index >= 15 is 0 Å². The number of carbonyl (C=O) groups is 1. The number of likely N-dealkylation sites (N-methyl/N-ethyl adjacent to an activating group) is 2. The average molecular weight is 588 g/mol. The van der Waals surface area contributed by atoms with Gasteiger partial charge in [-0.3, -0.25) is 4.79 Å². The topological polar surface area (TPSA) is 74.9 Å². The quantitative estimate of drug-likeness (QED) is 0.298. The molecule has 3 fully saturated rings. The van der Waals surface area contributed by atoms with Crippen molar-refractivity contribution < 1.29 is 18.4 Å². The van der Waals surface area contributed by atoms with Crippen LogP contribution in [0.3, 0.4) is 0 Å². The molecule has 0 aromatic carbocycles. The van der Waals surface area contributed by atoms with Gasteiger partial charge in [0.05, 0.1) is 13.0 Å². The van der Waals surface area contributed by atoms with Crippen LogP contribution in [0.4, 0.5) is 10.4 Å². The molecule has 0 bridgehead atoms. The summed E-state index contributed by atoms with van der Waals surface area (Å²) in [5, 5.41) is 3.96. The van der Waals surface area contributed by atoms with Gasteiger partial charge in [-0.25, -0.2) is 4.39 Å². The Kier molecular flexibility index (Phi) is 16.2. The predicted octanol–water partition coefficient (Wildman–Crippen LogP) is 7.18. The average Bonchev–Trinajstić information content (AvgIpc) is 3.73. The van der Waals surface area contributed by atoms with Gasteiger partial charge in [-0.15, -0.1) is 5.73 Å². The summed E-state index contributed by atoms with van der Waals surface area (Å²) in [4.78, 5) is 22.9. The minimum atomic E-state index is -0.436. The maximum atomic E-state index is 14.2. The van der Waals surface area contributed by atoms with E-state index in [0.717, 1.165) is 31.9 Å². The summed E-state index contributed by atoms with van der Waals surface area (Å²) in [7, 11) is 3.86. The standard InChI is InChI=1S/C18H25FN2O2.C10H17N3O.C3H6.C2H6/c1-4-23-16-9-5-7-14(17(19)12-16)11-18(22)21(3)13-15-8-6-10-20(15)2;1-8(2)9-11-10(14-12-9)13-6-4-3-5-7-13;1-2-3-1;1-2/h7,9,12,15H,4,6,8,10-11,13H2,1-3H3;8H,3-7H2,1-2H3;1-3H2;1-2H3. The number of likely N-dealkylation sites (tertiary alicyclic amines) is 1. The maximum absolute atomic E-state index is 14.2. The largest absolute Gasteiger partial charge is 0.493 e. The van der Waals surface area contributed by atoms with E-state index in [1.54, 1.807) is 18.0 Å². The number of allylic oxidation sites excluding steroid dienone is 3. The number of ether oxygens (including phenoxy) is 1. The zero-order valence-electron chi connectivity index (χ0n) is 27.1. The SMILES string of the molecule is C1CC1.CC.CC(C)c1noc(N2CCCCC2)n1.CCOC1=CC(F)=C(CC(=O)N(C)CC2CCCN2C)C=C=C1. The van der Waals surface area contributed by atoms with Crippen LogP contribution in [-0.4, -0.2) is 78.8 Å². The highest BCUT2D eigenvalue weighted by Crippen LogP contribution is 2.22. The Balaban J connectivity index is 0.000000272. The van der Waals surface area contributed by atoms with Gasteiger partial charge in [-0.2, -0.15) is 4.98 Å². The molecule has 42 heavy (non-hydrogen) atoms. The Morgan fingerprint density at radius 3 is 2.33 bits per heavy atom. The van der Waals surface area contributed by atoms with Crippen molar-refractivity contribution in [1.82, 2.24) is 19.9 Å². The number of anilines is 1. The van der Waals surface area contributed by atoms with Crippen molar-refractivity contribution in [3.63, 3.8) is 0 Å². The van der Waals surface area contributed by atoms with E-state index < -0.39 is 5.83 Å². The zero-order valence-corrected chi connectivity index (χ0v) is 27.1. The van der Waals surface area contributed by atoms with Crippen LogP contribution in [0, 0.1) is 0 Å². The van der Waals surface area contributed by atoms with Gasteiger partial charge < -0.3 is 24.0 Å². The number of piperidine rings is 1. The molecule has 1 atom stereocenters. The van der Waals surface area contributed by atoms with E-state index in [1.165, 1.54) is 57.1 Å². The molecule has 0 spiro atoms. The summed E-state index contributed by atoms with van der Waals surface area (Å²) in [6.45, 7) is 14.3. The summed E-state index contributed by atoms with van der Waals surface area (Å²) in [6, 6.07) is 1.10. The lowest BCUT2D eigenvalue weighted by Crippen LogP contribution is -2.39. The predicted molar refractivity (Wildman–Crippen MR) is 168 cm³/mol. The van der Waals surface area contributed by atoms with Crippen LogP contribution in [0.2, 0.25) is 0 Å². The third-order valence-electron chi connectivity index (χ3n) is 7.22. The molecule has 1 amide bonds. The summed E-state index contributed by atoms with van der Waals surface area (Å²) < 4.78 is 24.7. The molecule has 8 nitrogen and oxygen atoms in total. The molecule has 2 aliphatic carbocycles. The first kappa shape index (κ1) is 35.3. The molecular formula is C33H54FN5O3. The van der Waals surface area contributed by atoms with Gasteiger partial charge in [0.25, 0.3) is 0 Å². The fourth-order valence-electron chi connectivity index (χ4n) is 4.54. The second-order valence-electron chi connectivity index (χ2n) is 11.2. The van der Waals surface area contributed by atoms with E-state index in [0.29, 0.717) is 42.5 Å². The summed E-state index contributed by atoms with van der Waals surface area (Å²) in [6.07, 6.45) is 15.0. The molecule has 0 radical (unpaired) electrons. The van der Waals surface area contributed by atoms with Crippen molar-refractivity contribution in [2.24, 2.45) is 0 Å². The summed E-state index contributed by atoms with van der Waals surface area (Å²) in [5.74, 6) is 1.06. The Morgan fingerprint density at radius 1 is 1.12 bits per heavy atom. The van der Waals surface area contributed by atoms with Gasteiger partial charge in [-0.1, -0.05) is 52.1 Å². The number of carbonyl (C=O) groups excluding carboxylic acids is 1. The Morgan fingerprint density at radius 2 is 1.79 bits per heavy atom.